The summed E-state index contributed by atoms with van der Waals surface area (Å²) in [5.74, 6) is 6.56. The Balaban J connectivity index is 1.85. The fourth-order valence-corrected chi connectivity index (χ4v) is 2.94. The lowest BCUT2D eigenvalue weighted by Gasteiger charge is -2.01. The number of benzene rings is 2. The lowest BCUT2D eigenvalue weighted by molar-refractivity contribution is 0.667. The Kier molecular flexibility index (Phi) is 9.37. The average molecular weight is 345 g/mol. The molecule has 2 rings (SSSR count). The fourth-order valence-electron chi connectivity index (χ4n) is 2.94. The lowest BCUT2D eigenvalue weighted by atomic mass is 10.0. The first kappa shape index (κ1) is 20.1. The van der Waals surface area contributed by atoms with Crippen LogP contribution in [-0.2, 0) is 12.8 Å². The van der Waals surface area contributed by atoms with Gasteiger partial charge in [-0.25, -0.2) is 0 Å². The Morgan fingerprint density at radius 1 is 0.654 bits per heavy atom. The van der Waals surface area contributed by atoms with Gasteiger partial charge < -0.3 is 0 Å². The molecular formula is C26H32. The molecule has 0 bridgehead atoms. The standard InChI is InChI=1S/C26H32/c1-3-5-7-9-11-23-13-17-25(18-14-23)21-22-26-19-15-24(16-20-26)12-10-8-6-4-2/h5,7,13-20H,3-4,6,8-12H2,1-2H3. The second-order valence-corrected chi connectivity index (χ2v) is 6.87. The van der Waals surface area contributed by atoms with Gasteiger partial charge in [-0.1, -0.05) is 81.4 Å². The predicted molar refractivity (Wildman–Crippen MR) is 114 cm³/mol. The first-order valence-electron chi connectivity index (χ1n) is 10.2. The highest BCUT2D eigenvalue weighted by Gasteiger charge is 1.95. The summed E-state index contributed by atoms with van der Waals surface area (Å²) in [7, 11) is 0. The van der Waals surface area contributed by atoms with Gasteiger partial charge >= 0.3 is 0 Å². The summed E-state index contributed by atoms with van der Waals surface area (Å²) in [5, 5.41) is 0. The van der Waals surface area contributed by atoms with Gasteiger partial charge in [0, 0.05) is 11.1 Å². The van der Waals surface area contributed by atoms with E-state index in [-0.39, 0.29) is 0 Å². The molecule has 2 aromatic carbocycles. The molecule has 0 aliphatic rings. The Hall–Kier alpha value is -2.26. The van der Waals surface area contributed by atoms with Gasteiger partial charge in [0.15, 0.2) is 0 Å². The molecule has 0 aliphatic heterocycles. The van der Waals surface area contributed by atoms with Crippen molar-refractivity contribution in [3.05, 3.63) is 82.9 Å². The largest absolute Gasteiger partial charge is 0.0888 e. The van der Waals surface area contributed by atoms with E-state index in [9.17, 15) is 0 Å². The van der Waals surface area contributed by atoms with Gasteiger partial charge in [-0.2, -0.15) is 0 Å². The van der Waals surface area contributed by atoms with Crippen molar-refractivity contribution < 1.29 is 0 Å². The van der Waals surface area contributed by atoms with E-state index in [0.717, 1.165) is 30.4 Å². The van der Waals surface area contributed by atoms with Gasteiger partial charge in [0.25, 0.3) is 0 Å². The summed E-state index contributed by atoms with van der Waals surface area (Å²) >= 11 is 0. The molecule has 0 aliphatic carbocycles. The van der Waals surface area contributed by atoms with Crippen LogP contribution in [0.15, 0.2) is 60.7 Å². The lowest BCUT2D eigenvalue weighted by Crippen LogP contribution is -1.86. The van der Waals surface area contributed by atoms with Crippen LogP contribution in [0.2, 0.25) is 0 Å². The topological polar surface area (TPSA) is 0 Å². The first-order chi connectivity index (χ1) is 12.8. The van der Waals surface area contributed by atoms with Gasteiger partial charge in [0.2, 0.25) is 0 Å². The van der Waals surface area contributed by atoms with Crippen LogP contribution in [0.25, 0.3) is 0 Å². The van der Waals surface area contributed by atoms with E-state index in [1.807, 2.05) is 0 Å². The quantitative estimate of drug-likeness (QED) is 0.258. The van der Waals surface area contributed by atoms with E-state index in [1.165, 1.54) is 43.2 Å². The van der Waals surface area contributed by atoms with Crippen molar-refractivity contribution in [2.24, 2.45) is 0 Å². The van der Waals surface area contributed by atoms with Crippen LogP contribution in [-0.4, -0.2) is 0 Å². The third-order valence-corrected chi connectivity index (χ3v) is 4.58. The van der Waals surface area contributed by atoms with Gasteiger partial charge in [-0.15, -0.1) is 0 Å². The normalized spacial score (nSPS) is 10.7. The molecule has 0 fully saturated rings. The van der Waals surface area contributed by atoms with E-state index in [0.29, 0.717) is 0 Å². The molecule has 0 saturated carbocycles. The number of rotatable bonds is 9. The van der Waals surface area contributed by atoms with Crippen molar-refractivity contribution >= 4 is 0 Å². The SMILES string of the molecule is CCC=CCCc1ccc(C#Cc2ccc(CCCCCC)cc2)cc1. The number of unbranched alkanes of at least 4 members (excludes halogenated alkanes) is 3. The molecule has 0 N–H and O–H groups in total. The Bertz CT molecular complexity index is 705. The zero-order chi connectivity index (χ0) is 18.5. The molecule has 26 heavy (non-hydrogen) atoms. The molecule has 0 saturated heterocycles. The van der Waals surface area contributed by atoms with Crippen LogP contribution in [0.1, 0.15) is 74.6 Å². The highest BCUT2D eigenvalue weighted by Crippen LogP contribution is 2.10. The van der Waals surface area contributed by atoms with E-state index < -0.39 is 0 Å². The summed E-state index contributed by atoms with van der Waals surface area (Å²) in [5.41, 5.74) is 4.98. The van der Waals surface area contributed by atoms with Crippen molar-refractivity contribution in [1.82, 2.24) is 0 Å². The molecule has 0 atom stereocenters. The predicted octanol–water partition coefficient (Wildman–Crippen LogP) is 7.11. The van der Waals surface area contributed by atoms with Crippen LogP contribution >= 0.6 is 0 Å². The van der Waals surface area contributed by atoms with Crippen molar-refractivity contribution in [3.63, 3.8) is 0 Å². The van der Waals surface area contributed by atoms with Crippen LogP contribution < -0.4 is 0 Å². The van der Waals surface area contributed by atoms with Gasteiger partial charge in [0.1, 0.15) is 0 Å². The van der Waals surface area contributed by atoms with Gasteiger partial charge in [-0.05, 0) is 67.5 Å². The average Bonchev–Trinajstić information content (AvgIpc) is 2.69. The second kappa shape index (κ2) is 12.2. The zero-order valence-corrected chi connectivity index (χ0v) is 16.4. The first-order valence-corrected chi connectivity index (χ1v) is 10.2. The summed E-state index contributed by atoms with van der Waals surface area (Å²) in [4.78, 5) is 0. The van der Waals surface area contributed by atoms with E-state index in [4.69, 9.17) is 0 Å². The minimum atomic E-state index is 1.08. The maximum absolute atomic E-state index is 3.28. The minimum absolute atomic E-state index is 1.08. The Labute approximate surface area is 160 Å². The number of aryl methyl sites for hydroxylation is 2. The number of allylic oxidation sites excluding steroid dienone is 2. The Morgan fingerprint density at radius 3 is 1.77 bits per heavy atom. The van der Waals surface area contributed by atoms with Crippen molar-refractivity contribution in [3.8, 4) is 11.8 Å². The molecule has 0 aromatic heterocycles. The molecule has 136 valence electrons. The Morgan fingerprint density at radius 2 is 1.23 bits per heavy atom. The number of hydrogen-bond acceptors (Lipinski definition) is 0. The second-order valence-electron chi connectivity index (χ2n) is 6.87. The smallest absolute Gasteiger partial charge is 0.0249 e. The van der Waals surface area contributed by atoms with Crippen molar-refractivity contribution in [1.29, 1.82) is 0 Å². The van der Waals surface area contributed by atoms with Crippen LogP contribution in [0.5, 0.6) is 0 Å². The van der Waals surface area contributed by atoms with Crippen molar-refractivity contribution in [2.75, 3.05) is 0 Å². The zero-order valence-electron chi connectivity index (χ0n) is 16.4. The van der Waals surface area contributed by atoms with Gasteiger partial charge in [-0.3, -0.25) is 0 Å². The monoisotopic (exact) mass is 344 g/mol. The third-order valence-electron chi connectivity index (χ3n) is 4.58. The minimum Gasteiger partial charge on any atom is -0.0888 e. The molecule has 0 spiro atoms. The molecule has 0 amide bonds. The highest BCUT2D eigenvalue weighted by atomic mass is 14.0. The van der Waals surface area contributed by atoms with E-state index >= 15 is 0 Å². The summed E-state index contributed by atoms with van der Waals surface area (Å²) in [6.07, 6.45) is 14.3. The highest BCUT2D eigenvalue weighted by molar-refractivity contribution is 5.44. The van der Waals surface area contributed by atoms with E-state index in [2.05, 4.69) is 86.4 Å². The molecule has 2 aromatic rings. The van der Waals surface area contributed by atoms with Crippen LogP contribution in [0.3, 0.4) is 0 Å². The fraction of sp³-hybridized carbons (Fsp3) is 0.385. The molecule has 0 radical (unpaired) electrons. The maximum atomic E-state index is 3.28. The molecule has 0 heterocycles. The maximum Gasteiger partial charge on any atom is 0.0249 e. The van der Waals surface area contributed by atoms with Crippen LogP contribution in [0.4, 0.5) is 0 Å². The molecule has 0 nitrogen and oxygen atoms in total. The molecule has 0 unspecified atom stereocenters. The number of hydrogen-bond donors (Lipinski definition) is 0. The van der Waals surface area contributed by atoms with E-state index in [1.54, 1.807) is 0 Å². The van der Waals surface area contributed by atoms with Crippen molar-refractivity contribution in [2.45, 2.75) is 65.2 Å². The van der Waals surface area contributed by atoms with Crippen LogP contribution in [0, 0.1) is 11.8 Å². The summed E-state index contributed by atoms with van der Waals surface area (Å²) in [6, 6.07) is 17.4. The summed E-state index contributed by atoms with van der Waals surface area (Å²) in [6.45, 7) is 4.43. The van der Waals surface area contributed by atoms with Gasteiger partial charge in [0.05, 0.1) is 0 Å². The molecule has 0 heteroatoms. The molecular weight excluding hydrogens is 312 g/mol. The third kappa shape index (κ3) is 7.75. The summed E-state index contributed by atoms with van der Waals surface area (Å²) < 4.78 is 0.